The van der Waals surface area contributed by atoms with Gasteiger partial charge in [-0.15, -0.1) is 0 Å². The van der Waals surface area contributed by atoms with Gasteiger partial charge < -0.3 is 20.7 Å². The Hall–Kier alpha value is -3.53. The lowest BCUT2D eigenvalue weighted by molar-refractivity contribution is -0.363. The third-order valence-electron chi connectivity index (χ3n) is 4.63. The number of anilines is 2. The van der Waals surface area contributed by atoms with Gasteiger partial charge in [0, 0.05) is 24.2 Å². The molecule has 0 aliphatic carbocycles. The van der Waals surface area contributed by atoms with Crippen LogP contribution in [0.4, 0.5) is 20.7 Å². The summed E-state index contributed by atoms with van der Waals surface area (Å²) >= 11 is 0. The molecule has 1 aromatic carbocycles. The quantitative estimate of drug-likeness (QED) is 0.438. The summed E-state index contributed by atoms with van der Waals surface area (Å²) in [5.74, 6) is -0.129. The van der Waals surface area contributed by atoms with Crippen molar-refractivity contribution in [2.45, 2.75) is 13.0 Å². The maximum absolute atomic E-state index is 14.8. The largest absolute Gasteiger partial charge is 0.442 e. The average molecular weight is 415 g/mol. The third-order valence-corrected chi connectivity index (χ3v) is 4.63. The van der Waals surface area contributed by atoms with E-state index in [0.717, 1.165) is 0 Å². The molecule has 30 heavy (non-hydrogen) atoms. The van der Waals surface area contributed by atoms with Crippen LogP contribution in [0.1, 0.15) is 6.92 Å². The van der Waals surface area contributed by atoms with E-state index >= 15 is 0 Å². The number of hydrogen-bond donors (Lipinski definition) is 3. The minimum absolute atomic E-state index is 0.205. The summed E-state index contributed by atoms with van der Waals surface area (Å²) in [4.78, 5) is 30.4. The fourth-order valence-corrected chi connectivity index (χ4v) is 3.13. The van der Waals surface area contributed by atoms with Crippen molar-refractivity contribution in [3.8, 4) is 11.1 Å². The molecule has 2 heterocycles. The standard InChI is InChI=1S/C20H23FN6O3/c1-13(28)24-10-16-11-27(20(29)30-16)15-3-4-17(18(21)8-15)14-2-5-19(25-9-14)26(12-23)7-6-22/h2-5,8-9,12,16,23H,6-7,10-11,22H2,1H3,(H,24,28)/p+1. The summed E-state index contributed by atoms with van der Waals surface area (Å²) in [7, 11) is 0. The van der Waals surface area contributed by atoms with Gasteiger partial charge in [0.05, 0.1) is 38.2 Å². The number of amides is 2. The fourth-order valence-electron chi connectivity index (χ4n) is 3.13. The Morgan fingerprint density at radius 3 is 2.87 bits per heavy atom. The number of nitrogens with zero attached hydrogens (tertiary/aromatic N) is 3. The number of carbonyl (C=O) groups excluding carboxylic acids is 2. The van der Waals surface area contributed by atoms with E-state index in [1.807, 2.05) is 0 Å². The first-order valence-corrected chi connectivity index (χ1v) is 9.48. The molecule has 1 unspecified atom stereocenters. The van der Waals surface area contributed by atoms with Crippen LogP contribution in [0.5, 0.6) is 0 Å². The molecule has 0 saturated carbocycles. The van der Waals surface area contributed by atoms with E-state index in [2.05, 4.69) is 16.0 Å². The highest BCUT2D eigenvalue weighted by Crippen LogP contribution is 2.29. The van der Waals surface area contributed by atoms with Crippen LogP contribution in [0.3, 0.4) is 0 Å². The van der Waals surface area contributed by atoms with E-state index < -0.39 is 18.0 Å². The van der Waals surface area contributed by atoms with Crippen molar-refractivity contribution in [3.63, 3.8) is 0 Å². The van der Waals surface area contributed by atoms with Gasteiger partial charge >= 0.3 is 6.09 Å². The number of halogens is 1. The molecule has 2 amide bonds. The lowest BCUT2D eigenvalue weighted by atomic mass is 10.1. The molecular formula is C20H24FN6O3+. The molecule has 5 N–H and O–H groups in total. The van der Waals surface area contributed by atoms with Gasteiger partial charge in [0.15, 0.2) is 0 Å². The molecule has 158 valence electrons. The molecule has 3 rings (SSSR count). The topological polar surface area (TPSA) is 126 Å². The Morgan fingerprint density at radius 2 is 2.27 bits per heavy atom. The SMILES string of the molecule is CC(=O)NCC1CN(c2ccc(-c3ccc(N(C=N)CC[NH3+])nc3)c(F)c2)C(=O)O1. The molecule has 1 atom stereocenters. The van der Waals surface area contributed by atoms with Crippen LogP contribution in [-0.4, -0.2) is 55.6 Å². The average Bonchev–Trinajstić information content (AvgIpc) is 3.11. The summed E-state index contributed by atoms with van der Waals surface area (Å²) in [6, 6.07) is 7.94. The molecule has 0 bridgehead atoms. The number of nitrogens with one attached hydrogen (secondary N) is 2. The van der Waals surface area contributed by atoms with Gasteiger partial charge in [0.1, 0.15) is 17.7 Å². The van der Waals surface area contributed by atoms with Crippen LogP contribution < -0.4 is 20.9 Å². The van der Waals surface area contributed by atoms with Crippen LogP contribution in [-0.2, 0) is 9.53 Å². The van der Waals surface area contributed by atoms with Crippen molar-refractivity contribution in [2.75, 3.05) is 36.0 Å². The number of cyclic esters (lactones) is 1. The summed E-state index contributed by atoms with van der Waals surface area (Å²) in [5.41, 5.74) is 5.07. The highest BCUT2D eigenvalue weighted by Gasteiger charge is 2.32. The third kappa shape index (κ3) is 4.71. The first-order chi connectivity index (χ1) is 14.4. The second-order valence-electron chi connectivity index (χ2n) is 6.80. The van der Waals surface area contributed by atoms with E-state index in [9.17, 15) is 14.0 Å². The van der Waals surface area contributed by atoms with Crippen molar-refractivity contribution >= 4 is 29.8 Å². The molecule has 1 aliphatic heterocycles. The molecule has 2 aromatic rings. The van der Waals surface area contributed by atoms with Crippen LogP contribution >= 0.6 is 0 Å². The Kier molecular flexibility index (Phi) is 6.58. The number of benzene rings is 1. The lowest BCUT2D eigenvalue weighted by Crippen LogP contribution is -2.55. The van der Waals surface area contributed by atoms with Gasteiger partial charge in [-0.1, -0.05) is 0 Å². The van der Waals surface area contributed by atoms with Gasteiger partial charge in [-0.25, -0.2) is 14.2 Å². The zero-order valence-electron chi connectivity index (χ0n) is 16.6. The van der Waals surface area contributed by atoms with Gasteiger partial charge in [-0.2, -0.15) is 0 Å². The maximum atomic E-state index is 14.8. The minimum atomic E-state index is -0.583. The Morgan fingerprint density at radius 1 is 1.47 bits per heavy atom. The second-order valence-corrected chi connectivity index (χ2v) is 6.80. The van der Waals surface area contributed by atoms with E-state index in [4.69, 9.17) is 10.1 Å². The monoisotopic (exact) mass is 415 g/mol. The molecule has 1 fully saturated rings. The number of rotatable bonds is 8. The number of hydrogen-bond acceptors (Lipinski definition) is 5. The van der Waals surface area contributed by atoms with E-state index in [1.54, 1.807) is 35.4 Å². The van der Waals surface area contributed by atoms with Crippen LogP contribution in [0.15, 0.2) is 36.5 Å². The van der Waals surface area contributed by atoms with E-state index in [-0.39, 0.29) is 19.0 Å². The number of ether oxygens (including phenoxy) is 1. The number of quaternary nitrogens is 1. The number of aromatic nitrogens is 1. The van der Waals surface area contributed by atoms with Gasteiger partial charge in [0.25, 0.3) is 0 Å². The van der Waals surface area contributed by atoms with Crippen LogP contribution in [0.2, 0.25) is 0 Å². The van der Waals surface area contributed by atoms with Crippen LogP contribution in [0.25, 0.3) is 11.1 Å². The summed E-state index contributed by atoms with van der Waals surface area (Å²) in [5, 5.41) is 10.0. The van der Waals surface area contributed by atoms with Crippen molar-refractivity contribution in [2.24, 2.45) is 0 Å². The second kappa shape index (κ2) is 9.31. The highest BCUT2D eigenvalue weighted by molar-refractivity contribution is 5.90. The first-order valence-electron chi connectivity index (χ1n) is 9.48. The zero-order valence-corrected chi connectivity index (χ0v) is 16.6. The Balaban J connectivity index is 1.75. The van der Waals surface area contributed by atoms with Crippen molar-refractivity contribution in [1.82, 2.24) is 10.3 Å². The van der Waals surface area contributed by atoms with Crippen molar-refractivity contribution in [3.05, 3.63) is 42.3 Å². The van der Waals surface area contributed by atoms with E-state index in [0.29, 0.717) is 35.7 Å². The maximum Gasteiger partial charge on any atom is 0.414 e. The van der Waals surface area contributed by atoms with Gasteiger partial charge in [0.2, 0.25) is 5.91 Å². The zero-order chi connectivity index (χ0) is 21.7. The van der Waals surface area contributed by atoms with Crippen molar-refractivity contribution in [1.29, 1.82) is 5.41 Å². The van der Waals surface area contributed by atoms with E-state index in [1.165, 1.54) is 24.2 Å². The van der Waals surface area contributed by atoms with Gasteiger partial charge in [-0.05, 0) is 30.3 Å². The molecule has 10 heteroatoms. The molecule has 1 saturated heterocycles. The van der Waals surface area contributed by atoms with Crippen molar-refractivity contribution < 1.29 is 24.5 Å². The molecule has 1 aliphatic rings. The Labute approximate surface area is 173 Å². The molecule has 9 nitrogen and oxygen atoms in total. The predicted octanol–water partition coefficient (Wildman–Crippen LogP) is 1.00. The lowest BCUT2D eigenvalue weighted by Gasteiger charge is -2.16. The smallest absolute Gasteiger partial charge is 0.414 e. The summed E-state index contributed by atoms with van der Waals surface area (Å²) < 4.78 is 20.0. The first kappa shape index (κ1) is 21.2. The summed E-state index contributed by atoms with van der Waals surface area (Å²) in [6.45, 7) is 3.00. The summed E-state index contributed by atoms with van der Waals surface area (Å²) in [6.07, 6.45) is 1.65. The molecule has 0 spiro atoms. The fraction of sp³-hybridized carbons (Fsp3) is 0.300. The minimum Gasteiger partial charge on any atom is -0.442 e. The van der Waals surface area contributed by atoms with Crippen LogP contribution in [0, 0.1) is 11.2 Å². The molecule has 1 aromatic heterocycles. The number of pyridine rings is 1. The van der Waals surface area contributed by atoms with Gasteiger partial charge in [-0.3, -0.25) is 15.1 Å². The molecule has 0 radical (unpaired) electrons. The highest BCUT2D eigenvalue weighted by atomic mass is 19.1. The normalized spacial score (nSPS) is 15.6. The number of carbonyl (C=O) groups is 2. The Bertz CT molecular complexity index is 937. The predicted molar refractivity (Wildman–Crippen MR) is 110 cm³/mol. The molecular weight excluding hydrogens is 391 g/mol.